The van der Waals surface area contributed by atoms with Crippen molar-refractivity contribution in [1.82, 2.24) is 0 Å². The predicted molar refractivity (Wildman–Crippen MR) is 52.6 cm³/mol. The van der Waals surface area contributed by atoms with Crippen molar-refractivity contribution in [2.75, 3.05) is 0 Å². The molecule has 0 bridgehead atoms. The fourth-order valence-electron chi connectivity index (χ4n) is 0.827. The average Bonchev–Trinajstić information content (AvgIpc) is 2.04. The number of rotatable bonds is 6. The Bertz CT molecular complexity index is 111. The molecule has 0 aliphatic carbocycles. The summed E-state index contributed by atoms with van der Waals surface area (Å²) in [7, 11) is 0. The first-order valence-corrected chi connectivity index (χ1v) is 4.57. The van der Waals surface area contributed by atoms with Crippen LogP contribution in [0.15, 0.2) is 24.8 Å². The van der Waals surface area contributed by atoms with Gasteiger partial charge in [0.2, 0.25) is 0 Å². The average molecular weight is 152 g/mol. The molecule has 0 heterocycles. The van der Waals surface area contributed by atoms with Crippen molar-refractivity contribution in [3.8, 4) is 0 Å². The van der Waals surface area contributed by atoms with Crippen LogP contribution < -0.4 is 0 Å². The third kappa shape index (κ3) is 7.38. The number of hydrogen-bond donors (Lipinski definition) is 0. The van der Waals surface area contributed by atoms with Gasteiger partial charge in [0.1, 0.15) is 0 Å². The minimum atomic E-state index is 0.843. The van der Waals surface area contributed by atoms with Crippen LogP contribution in [0.5, 0.6) is 0 Å². The van der Waals surface area contributed by atoms with Crippen LogP contribution >= 0.6 is 0 Å². The molecular formula is C11H20. The molecule has 1 unspecified atom stereocenters. The molecule has 64 valence electrons. The second-order valence-corrected chi connectivity index (χ2v) is 3.09. The summed E-state index contributed by atoms with van der Waals surface area (Å²) in [6.07, 6.45) is 11.3. The van der Waals surface area contributed by atoms with E-state index in [0.29, 0.717) is 0 Å². The molecule has 0 nitrogen and oxygen atoms in total. The lowest BCUT2D eigenvalue weighted by molar-refractivity contribution is 0.571. The summed E-state index contributed by atoms with van der Waals surface area (Å²) in [5.41, 5.74) is 0. The molecule has 0 saturated carbocycles. The number of hydrogen-bond acceptors (Lipinski definition) is 0. The third-order valence-electron chi connectivity index (χ3n) is 1.94. The van der Waals surface area contributed by atoms with Crippen molar-refractivity contribution in [3.05, 3.63) is 24.8 Å². The van der Waals surface area contributed by atoms with Crippen molar-refractivity contribution in [2.45, 2.75) is 39.5 Å². The van der Waals surface area contributed by atoms with Gasteiger partial charge >= 0.3 is 0 Å². The summed E-state index contributed by atoms with van der Waals surface area (Å²) in [5.74, 6) is 0.843. The Labute approximate surface area is 71.0 Å². The van der Waals surface area contributed by atoms with Gasteiger partial charge in [-0.3, -0.25) is 0 Å². The van der Waals surface area contributed by atoms with E-state index in [1.807, 2.05) is 6.08 Å². The molecule has 0 spiro atoms. The van der Waals surface area contributed by atoms with E-state index >= 15 is 0 Å². The molecule has 0 saturated heterocycles. The Morgan fingerprint density at radius 2 is 2.00 bits per heavy atom. The molecule has 0 aromatic rings. The van der Waals surface area contributed by atoms with Gasteiger partial charge in [0, 0.05) is 0 Å². The van der Waals surface area contributed by atoms with E-state index < -0.39 is 0 Å². The Morgan fingerprint density at radius 1 is 1.27 bits per heavy atom. The second-order valence-electron chi connectivity index (χ2n) is 3.09. The zero-order valence-corrected chi connectivity index (χ0v) is 7.84. The van der Waals surface area contributed by atoms with Gasteiger partial charge in [-0.15, -0.1) is 6.58 Å². The first-order valence-electron chi connectivity index (χ1n) is 4.57. The van der Waals surface area contributed by atoms with Gasteiger partial charge in [-0.1, -0.05) is 38.5 Å². The molecule has 0 radical (unpaired) electrons. The largest absolute Gasteiger partial charge is 0.103 e. The van der Waals surface area contributed by atoms with Gasteiger partial charge in [-0.2, -0.15) is 0 Å². The normalized spacial score (nSPS) is 13.6. The molecule has 0 heteroatoms. The summed E-state index contributed by atoms with van der Waals surface area (Å²) < 4.78 is 0. The van der Waals surface area contributed by atoms with Crippen LogP contribution in [0.25, 0.3) is 0 Å². The lowest BCUT2D eigenvalue weighted by Gasteiger charge is -2.01. The molecule has 0 amide bonds. The maximum Gasteiger partial charge on any atom is -0.0316 e. The van der Waals surface area contributed by atoms with Crippen LogP contribution in [0.1, 0.15) is 39.5 Å². The maximum absolute atomic E-state index is 3.68. The van der Waals surface area contributed by atoms with Crippen LogP contribution in [0.2, 0.25) is 0 Å². The molecule has 1 atom stereocenters. The van der Waals surface area contributed by atoms with Crippen molar-refractivity contribution in [3.63, 3.8) is 0 Å². The molecule has 0 rings (SSSR count). The summed E-state index contributed by atoms with van der Waals surface area (Å²) >= 11 is 0. The lowest BCUT2D eigenvalue weighted by atomic mass is 10.0. The molecule has 0 aliphatic heterocycles. The highest BCUT2D eigenvalue weighted by atomic mass is 14.0. The SMILES string of the molecule is C=CCCC=CCC(C)CC. The van der Waals surface area contributed by atoms with Gasteiger partial charge in [0.15, 0.2) is 0 Å². The fraction of sp³-hybridized carbons (Fsp3) is 0.636. The first kappa shape index (κ1) is 10.5. The molecular weight excluding hydrogens is 132 g/mol. The van der Waals surface area contributed by atoms with Crippen LogP contribution in [-0.2, 0) is 0 Å². The first-order chi connectivity index (χ1) is 5.31. The number of unbranched alkanes of at least 4 members (excludes halogenated alkanes) is 1. The highest BCUT2D eigenvalue weighted by Crippen LogP contribution is 2.07. The minimum Gasteiger partial charge on any atom is -0.103 e. The molecule has 11 heavy (non-hydrogen) atoms. The van der Waals surface area contributed by atoms with Crippen molar-refractivity contribution in [2.24, 2.45) is 5.92 Å². The zero-order valence-electron chi connectivity index (χ0n) is 7.84. The zero-order chi connectivity index (χ0) is 8.53. The van der Waals surface area contributed by atoms with Gasteiger partial charge in [-0.05, 0) is 25.2 Å². The number of allylic oxidation sites excluding steroid dienone is 3. The van der Waals surface area contributed by atoms with Crippen molar-refractivity contribution < 1.29 is 0 Å². The van der Waals surface area contributed by atoms with Crippen LogP contribution in [0.3, 0.4) is 0 Å². The van der Waals surface area contributed by atoms with Crippen molar-refractivity contribution in [1.29, 1.82) is 0 Å². The molecule has 0 aromatic heterocycles. The fourth-order valence-corrected chi connectivity index (χ4v) is 0.827. The van der Waals surface area contributed by atoms with E-state index in [1.54, 1.807) is 0 Å². The molecule has 0 fully saturated rings. The van der Waals surface area contributed by atoms with Gasteiger partial charge in [0.05, 0.1) is 0 Å². The Morgan fingerprint density at radius 3 is 2.55 bits per heavy atom. The minimum absolute atomic E-state index is 0.843. The summed E-state index contributed by atoms with van der Waals surface area (Å²) in [5, 5.41) is 0. The summed E-state index contributed by atoms with van der Waals surface area (Å²) in [6.45, 7) is 8.20. The Kier molecular flexibility index (Phi) is 7.23. The molecule has 0 aromatic carbocycles. The second kappa shape index (κ2) is 7.59. The van der Waals surface area contributed by atoms with E-state index in [-0.39, 0.29) is 0 Å². The molecule has 0 aliphatic rings. The topological polar surface area (TPSA) is 0 Å². The highest BCUT2D eigenvalue weighted by Gasteiger charge is 1.92. The van der Waals surface area contributed by atoms with E-state index in [2.05, 4.69) is 32.6 Å². The summed E-state index contributed by atoms with van der Waals surface area (Å²) in [6, 6.07) is 0. The smallest absolute Gasteiger partial charge is 0.0316 e. The monoisotopic (exact) mass is 152 g/mol. The third-order valence-corrected chi connectivity index (χ3v) is 1.94. The highest BCUT2D eigenvalue weighted by molar-refractivity contribution is 4.85. The van der Waals surface area contributed by atoms with Crippen LogP contribution in [-0.4, -0.2) is 0 Å². The summed E-state index contributed by atoms with van der Waals surface area (Å²) in [4.78, 5) is 0. The maximum atomic E-state index is 3.68. The van der Waals surface area contributed by atoms with Gasteiger partial charge in [-0.25, -0.2) is 0 Å². The van der Waals surface area contributed by atoms with Crippen LogP contribution in [0, 0.1) is 5.92 Å². The quantitative estimate of drug-likeness (QED) is 0.399. The van der Waals surface area contributed by atoms with E-state index in [9.17, 15) is 0 Å². The molecule has 0 N–H and O–H groups in total. The standard InChI is InChI=1S/C11H20/c1-4-6-7-8-9-10-11(3)5-2/h4,8-9,11H,1,5-7,10H2,2-3H3. The predicted octanol–water partition coefficient (Wildman–Crippen LogP) is 3.95. The van der Waals surface area contributed by atoms with Crippen LogP contribution in [0.4, 0.5) is 0 Å². The Balaban J connectivity index is 3.21. The van der Waals surface area contributed by atoms with E-state index in [0.717, 1.165) is 18.8 Å². The van der Waals surface area contributed by atoms with Gasteiger partial charge < -0.3 is 0 Å². The van der Waals surface area contributed by atoms with Gasteiger partial charge in [0.25, 0.3) is 0 Å². The lowest BCUT2D eigenvalue weighted by Crippen LogP contribution is -1.87. The Hall–Kier alpha value is -0.520. The van der Waals surface area contributed by atoms with E-state index in [1.165, 1.54) is 12.8 Å². The van der Waals surface area contributed by atoms with Crippen molar-refractivity contribution >= 4 is 0 Å². The van der Waals surface area contributed by atoms with E-state index in [4.69, 9.17) is 0 Å².